The molecule has 1 saturated heterocycles. The summed E-state index contributed by atoms with van der Waals surface area (Å²) in [7, 11) is 0. The van der Waals surface area contributed by atoms with Crippen LogP contribution in [-0.4, -0.2) is 28.5 Å². The van der Waals surface area contributed by atoms with Crippen LogP contribution in [0.3, 0.4) is 0 Å². The minimum Gasteiger partial charge on any atom is -0.379 e. The third-order valence-electron chi connectivity index (χ3n) is 4.71. The summed E-state index contributed by atoms with van der Waals surface area (Å²) >= 11 is 0. The van der Waals surface area contributed by atoms with E-state index < -0.39 is 0 Å². The van der Waals surface area contributed by atoms with Gasteiger partial charge in [0.25, 0.3) is 0 Å². The van der Waals surface area contributed by atoms with Crippen molar-refractivity contribution in [1.82, 2.24) is 9.88 Å². The number of rotatable bonds is 2. The van der Waals surface area contributed by atoms with Crippen LogP contribution < -0.4 is 5.32 Å². The number of fused-ring (bicyclic) bond motifs is 3. The van der Waals surface area contributed by atoms with Crippen molar-refractivity contribution in [2.45, 2.75) is 45.2 Å². The zero-order valence-electron chi connectivity index (χ0n) is 12.9. The summed E-state index contributed by atoms with van der Waals surface area (Å²) < 4.78 is 0. The lowest BCUT2D eigenvalue weighted by Crippen LogP contribution is -2.27. The molecule has 0 radical (unpaired) electrons. The molecule has 1 aromatic carbocycles. The molecule has 0 bridgehead atoms. The van der Waals surface area contributed by atoms with Crippen LogP contribution in [0.5, 0.6) is 0 Å². The van der Waals surface area contributed by atoms with Crippen molar-refractivity contribution in [3.63, 3.8) is 0 Å². The van der Waals surface area contributed by atoms with Gasteiger partial charge in [-0.25, -0.2) is 0 Å². The summed E-state index contributed by atoms with van der Waals surface area (Å²) in [4.78, 5) is 7.23. The van der Waals surface area contributed by atoms with Gasteiger partial charge in [0.2, 0.25) is 0 Å². The summed E-state index contributed by atoms with van der Waals surface area (Å²) in [5.41, 5.74) is 5.29. The molecule has 1 fully saturated rings. The minimum absolute atomic E-state index is 0.145. The van der Waals surface area contributed by atoms with E-state index in [9.17, 15) is 0 Å². The highest BCUT2D eigenvalue weighted by Gasteiger charge is 2.29. The average molecular weight is 281 g/mol. The van der Waals surface area contributed by atoms with E-state index in [-0.39, 0.29) is 5.54 Å². The van der Waals surface area contributed by atoms with Gasteiger partial charge in [-0.15, -0.1) is 0 Å². The van der Waals surface area contributed by atoms with E-state index in [0.717, 1.165) is 18.5 Å². The van der Waals surface area contributed by atoms with Crippen LogP contribution in [0.2, 0.25) is 0 Å². The number of nitrogens with one attached hydrogen (secondary N) is 1. The van der Waals surface area contributed by atoms with Crippen molar-refractivity contribution in [3.8, 4) is 0 Å². The maximum atomic E-state index is 4.70. The number of pyridine rings is 1. The molecular formula is C18H23N3. The van der Waals surface area contributed by atoms with Crippen molar-refractivity contribution in [1.29, 1.82) is 0 Å². The van der Waals surface area contributed by atoms with Gasteiger partial charge in [0.15, 0.2) is 0 Å². The lowest BCUT2D eigenvalue weighted by Gasteiger charge is -2.18. The Balaban J connectivity index is 1.69. The zero-order chi connectivity index (χ0) is 14.4. The Kier molecular flexibility index (Phi) is 2.93. The molecule has 21 heavy (non-hydrogen) atoms. The molecule has 2 aromatic rings. The van der Waals surface area contributed by atoms with Gasteiger partial charge in [0.1, 0.15) is 0 Å². The maximum Gasteiger partial charge on any atom is 0.0726 e. The molecule has 1 N–H and O–H groups in total. The van der Waals surface area contributed by atoms with Gasteiger partial charge in [-0.2, -0.15) is 0 Å². The third kappa shape index (κ3) is 2.40. The van der Waals surface area contributed by atoms with E-state index in [0.29, 0.717) is 0 Å². The minimum atomic E-state index is 0.145. The molecule has 3 heteroatoms. The SMILES string of the molecule is CC1(C)Cc2cnc3cc(CN4CCCC4)ccc3c2N1. The van der Waals surface area contributed by atoms with Crippen LogP contribution in [0.25, 0.3) is 10.9 Å². The first kappa shape index (κ1) is 13.1. The van der Waals surface area contributed by atoms with Crippen LogP contribution in [0.15, 0.2) is 24.4 Å². The van der Waals surface area contributed by atoms with Crippen molar-refractivity contribution < 1.29 is 0 Å². The molecule has 3 nitrogen and oxygen atoms in total. The van der Waals surface area contributed by atoms with Gasteiger partial charge < -0.3 is 5.32 Å². The van der Waals surface area contributed by atoms with E-state index in [2.05, 4.69) is 48.5 Å². The Bertz CT molecular complexity index is 684. The molecule has 110 valence electrons. The molecule has 4 rings (SSSR count). The number of nitrogens with zero attached hydrogens (tertiary/aromatic N) is 2. The second kappa shape index (κ2) is 4.70. The topological polar surface area (TPSA) is 28.2 Å². The van der Waals surface area contributed by atoms with Crippen LogP contribution in [0.4, 0.5) is 5.69 Å². The molecule has 1 aromatic heterocycles. The molecule has 0 atom stereocenters. The number of hydrogen-bond acceptors (Lipinski definition) is 3. The van der Waals surface area contributed by atoms with Gasteiger partial charge in [-0.05, 0) is 63.4 Å². The van der Waals surface area contributed by atoms with Gasteiger partial charge in [-0.1, -0.05) is 12.1 Å². The zero-order valence-corrected chi connectivity index (χ0v) is 12.9. The van der Waals surface area contributed by atoms with E-state index in [1.807, 2.05) is 0 Å². The molecule has 3 heterocycles. The van der Waals surface area contributed by atoms with Crippen LogP contribution in [-0.2, 0) is 13.0 Å². The largest absolute Gasteiger partial charge is 0.379 e. The lowest BCUT2D eigenvalue weighted by molar-refractivity contribution is 0.331. The van der Waals surface area contributed by atoms with Crippen molar-refractivity contribution in [2.75, 3.05) is 18.4 Å². The fourth-order valence-electron chi connectivity index (χ4n) is 3.72. The second-order valence-electron chi connectivity index (χ2n) is 7.18. The number of benzene rings is 1. The predicted octanol–water partition coefficient (Wildman–Crippen LogP) is 3.58. The fraction of sp³-hybridized carbons (Fsp3) is 0.500. The molecule has 0 aliphatic carbocycles. The summed E-state index contributed by atoms with van der Waals surface area (Å²) in [5, 5.41) is 4.93. The number of hydrogen-bond donors (Lipinski definition) is 1. The van der Waals surface area contributed by atoms with Crippen molar-refractivity contribution in [2.24, 2.45) is 0 Å². The first-order chi connectivity index (χ1) is 10.1. The molecule has 2 aliphatic rings. The first-order valence-electron chi connectivity index (χ1n) is 8.02. The lowest BCUT2D eigenvalue weighted by atomic mass is 10.0. The highest BCUT2D eigenvalue weighted by Crippen LogP contribution is 2.37. The monoisotopic (exact) mass is 281 g/mol. The van der Waals surface area contributed by atoms with E-state index >= 15 is 0 Å². The van der Waals surface area contributed by atoms with E-state index in [1.165, 1.54) is 48.1 Å². The summed E-state index contributed by atoms with van der Waals surface area (Å²) in [5.74, 6) is 0. The van der Waals surface area contributed by atoms with Gasteiger partial charge in [0.05, 0.1) is 5.52 Å². The van der Waals surface area contributed by atoms with Crippen LogP contribution >= 0.6 is 0 Å². The second-order valence-corrected chi connectivity index (χ2v) is 7.18. The molecule has 0 amide bonds. The number of anilines is 1. The normalized spacial score (nSPS) is 20.7. The molecular weight excluding hydrogens is 258 g/mol. The smallest absolute Gasteiger partial charge is 0.0726 e. The van der Waals surface area contributed by atoms with Crippen LogP contribution in [0.1, 0.15) is 37.8 Å². The molecule has 0 unspecified atom stereocenters. The molecule has 2 aliphatic heterocycles. The third-order valence-corrected chi connectivity index (χ3v) is 4.71. The van der Waals surface area contributed by atoms with Gasteiger partial charge in [-0.3, -0.25) is 9.88 Å². The standard InChI is InChI=1S/C18H23N3/c1-18(2)10-14-11-19-16-9-13(12-21-7-3-4-8-21)5-6-15(16)17(14)20-18/h5-6,9,11,20H,3-4,7-8,10,12H2,1-2H3. The van der Waals surface area contributed by atoms with Crippen LogP contribution in [0, 0.1) is 0 Å². The Hall–Kier alpha value is -1.61. The first-order valence-corrected chi connectivity index (χ1v) is 8.02. The van der Waals surface area contributed by atoms with Gasteiger partial charge in [0, 0.05) is 29.4 Å². The Morgan fingerprint density at radius 1 is 1.24 bits per heavy atom. The highest BCUT2D eigenvalue weighted by molar-refractivity contribution is 5.94. The fourth-order valence-corrected chi connectivity index (χ4v) is 3.72. The molecule has 0 spiro atoms. The quantitative estimate of drug-likeness (QED) is 0.912. The summed E-state index contributed by atoms with van der Waals surface area (Å²) in [6.07, 6.45) is 5.80. The maximum absolute atomic E-state index is 4.70. The Morgan fingerprint density at radius 2 is 2.05 bits per heavy atom. The number of likely N-dealkylation sites (tertiary alicyclic amines) is 1. The summed E-state index contributed by atoms with van der Waals surface area (Å²) in [6.45, 7) is 8.05. The average Bonchev–Trinajstić information content (AvgIpc) is 3.04. The van der Waals surface area contributed by atoms with E-state index in [1.54, 1.807) is 0 Å². The van der Waals surface area contributed by atoms with Gasteiger partial charge >= 0.3 is 0 Å². The molecule has 0 saturated carbocycles. The van der Waals surface area contributed by atoms with E-state index in [4.69, 9.17) is 4.98 Å². The predicted molar refractivity (Wildman–Crippen MR) is 87.7 cm³/mol. The highest BCUT2D eigenvalue weighted by atomic mass is 15.1. The Morgan fingerprint density at radius 3 is 2.86 bits per heavy atom. The van der Waals surface area contributed by atoms with Crippen molar-refractivity contribution >= 4 is 16.6 Å². The summed E-state index contributed by atoms with van der Waals surface area (Å²) in [6, 6.07) is 6.79. The van der Waals surface area contributed by atoms with Crippen molar-refractivity contribution in [3.05, 3.63) is 35.5 Å². The Labute approximate surface area is 126 Å². The number of aromatic nitrogens is 1.